The van der Waals surface area contributed by atoms with Crippen LogP contribution in [0.3, 0.4) is 0 Å². The fourth-order valence-electron chi connectivity index (χ4n) is 2.46. The number of nitrogens with two attached hydrogens (primary N) is 1. The summed E-state index contributed by atoms with van der Waals surface area (Å²) in [6, 6.07) is 7.88. The van der Waals surface area contributed by atoms with Gasteiger partial charge in [0.2, 0.25) is 0 Å². The molecular weight excluding hydrogens is 402 g/mol. The van der Waals surface area contributed by atoms with Crippen LogP contribution in [0.5, 0.6) is 0 Å². The van der Waals surface area contributed by atoms with Crippen LogP contribution in [-0.2, 0) is 6.54 Å². The molecule has 25 heavy (non-hydrogen) atoms. The SMILES string of the molecule is Cc1ncsc1CNc1nc(-n2ncc3ccccc32)nc(N)c1Br. The molecule has 0 aliphatic carbocycles. The first-order valence-electron chi connectivity index (χ1n) is 7.52. The lowest BCUT2D eigenvalue weighted by Crippen LogP contribution is -2.10. The third-order valence-corrected chi connectivity index (χ3v) is 5.51. The Morgan fingerprint density at radius 2 is 2.12 bits per heavy atom. The molecule has 4 rings (SSSR count). The van der Waals surface area contributed by atoms with E-state index in [-0.39, 0.29) is 0 Å². The van der Waals surface area contributed by atoms with Crippen LogP contribution < -0.4 is 11.1 Å². The van der Waals surface area contributed by atoms with Gasteiger partial charge in [-0.15, -0.1) is 11.3 Å². The summed E-state index contributed by atoms with van der Waals surface area (Å²) >= 11 is 5.06. The molecule has 0 atom stereocenters. The molecule has 4 aromatic rings. The Hall–Kier alpha value is -2.52. The van der Waals surface area contributed by atoms with Gasteiger partial charge in [-0.25, -0.2) is 4.98 Å². The number of anilines is 2. The van der Waals surface area contributed by atoms with Gasteiger partial charge in [-0.1, -0.05) is 18.2 Å². The molecular formula is C16H14BrN7S. The van der Waals surface area contributed by atoms with E-state index >= 15 is 0 Å². The Kier molecular flexibility index (Phi) is 4.10. The monoisotopic (exact) mass is 415 g/mol. The van der Waals surface area contributed by atoms with E-state index in [1.807, 2.05) is 36.7 Å². The molecule has 0 aliphatic heterocycles. The molecule has 126 valence electrons. The number of hydrogen-bond donors (Lipinski definition) is 2. The van der Waals surface area contributed by atoms with E-state index in [1.54, 1.807) is 22.2 Å². The third kappa shape index (κ3) is 2.96. The zero-order chi connectivity index (χ0) is 17.4. The molecule has 0 amide bonds. The second-order valence-corrected chi connectivity index (χ2v) is 7.13. The van der Waals surface area contributed by atoms with E-state index in [0.717, 1.165) is 21.5 Å². The minimum Gasteiger partial charge on any atom is -0.383 e. The number of para-hydroxylation sites is 1. The van der Waals surface area contributed by atoms with Crippen molar-refractivity contribution in [3.8, 4) is 5.95 Å². The molecule has 3 aromatic heterocycles. The van der Waals surface area contributed by atoms with Crippen molar-refractivity contribution in [2.75, 3.05) is 11.1 Å². The summed E-state index contributed by atoms with van der Waals surface area (Å²) in [5, 5.41) is 8.70. The summed E-state index contributed by atoms with van der Waals surface area (Å²) in [7, 11) is 0. The lowest BCUT2D eigenvalue weighted by molar-refractivity contribution is 0.833. The minimum absolute atomic E-state index is 0.355. The lowest BCUT2D eigenvalue weighted by atomic mass is 10.3. The van der Waals surface area contributed by atoms with Crippen LogP contribution in [0.4, 0.5) is 11.6 Å². The molecule has 0 spiro atoms. The topological polar surface area (TPSA) is 94.5 Å². The van der Waals surface area contributed by atoms with Gasteiger partial charge in [0.05, 0.1) is 29.5 Å². The number of rotatable bonds is 4. The molecule has 3 N–H and O–H groups in total. The zero-order valence-electron chi connectivity index (χ0n) is 13.3. The van der Waals surface area contributed by atoms with Gasteiger partial charge in [-0.2, -0.15) is 19.7 Å². The van der Waals surface area contributed by atoms with Gasteiger partial charge in [0.1, 0.15) is 16.1 Å². The van der Waals surface area contributed by atoms with Crippen LogP contribution in [0, 0.1) is 6.92 Å². The maximum Gasteiger partial charge on any atom is 0.255 e. The summed E-state index contributed by atoms with van der Waals surface area (Å²) in [5.74, 6) is 1.40. The van der Waals surface area contributed by atoms with Crippen LogP contribution in [-0.4, -0.2) is 24.7 Å². The Morgan fingerprint density at radius 3 is 2.92 bits per heavy atom. The van der Waals surface area contributed by atoms with Gasteiger partial charge < -0.3 is 11.1 Å². The molecule has 9 heteroatoms. The average molecular weight is 416 g/mol. The number of benzene rings is 1. The predicted molar refractivity (Wildman–Crippen MR) is 103 cm³/mol. The Morgan fingerprint density at radius 1 is 1.28 bits per heavy atom. The van der Waals surface area contributed by atoms with E-state index in [9.17, 15) is 0 Å². The van der Waals surface area contributed by atoms with Gasteiger partial charge in [0.25, 0.3) is 5.95 Å². The van der Waals surface area contributed by atoms with E-state index in [1.165, 1.54) is 0 Å². The normalized spacial score (nSPS) is 11.1. The number of hydrogen-bond acceptors (Lipinski definition) is 7. The van der Waals surface area contributed by atoms with Crippen LogP contribution in [0.25, 0.3) is 16.9 Å². The van der Waals surface area contributed by atoms with E-state index in [4.69, 9.17) is 5.73 Å². The van der Waals surface area contributed by atoms with Gasteiger partial charge in [-0.05, 0) is 28.9 Å². The van der Waals surface area contributed by atoms with Crippen molar-refractivity contribution < 1.29 is 0 Å². The number of nitrogens with one attached hydrogen (secondary N) is 1. The molecule has 7 nitrogen and oxygen atoms in total. The number of fused-ring (bicyclic) bond motifs is 1. The predicted octanol–water partition coefficient (Wildman–Crippen LogP) is 3.54. The van der Waals surface area contributed by atoms with Crippen LogP contribution in [0.2, 0.25) is 0 Å². The van der Waals surface area contributed by atoms with Crippen molar-refractivity contribution in [2.45, 2.75) is 13.5 Å². The molecule has 0 saturated carbocycles. The molecule has 0 unspecified atom stereocenters. The molecule has 0 radical (unpaired) electrons. The smallest absolute Gasteiger partial charge is 0.255 e. The van der Waals surface area contributed by atoms with Crippen molar-refractivity contribution in [2.24, 2.45) is 0 Å². The van der Waals surface area contributed by atoms with Crippen molar-refractivity contribution in [1.82, 2.24) is 24.7 Å². The third-order valence-electron chi connectivity index (χ3n) is 3.79. The van der Waals surface area contributed by atoms with Crippen molar-refractivity contribution in [3.63, 3.8) is 0 Å². The number of aromatic nitrogens is 5. The van der Waals surface area contributed by atoms with E-state index < -0.39 is 0 Å². The number of halogens is 1. The fraction of sp³-hybridized carbons (Fsp3) is 0.125. The van der Waals surface area contributed by atoms with Gasteiger partial charge in [0.15, 0.2) is 0 Å². The van der Waals surface area contributed by atoms with Gasteiger partial charge in [-0.3, -0.25) is 0 Å². The fourth-order valence-corrected chi connectivity index (χ4v) is 3.49. The number of thiazole rings is 1. The second kappa shape index (κ2) is 6.41. The molecule has 0 bridgehead atoms. The number of nitrogens with zero attached hydrogens (tertiary/aromatic N) is 5. The van der Waals surface area contributed by atoms with Crippen molar-refractivity contribution in [1.29, 1.82) is 0 Å². The van der Waals surface area contributed by atoms with E-state index in [2.05, 4.69) is 41.3 Å². The maximum atomic E-state index is 6.06. The summed E-state index contributed by atoms with van der Waals surface area (Å²) < 4.78 is 2.32. The Bertz CT molecular complexity index is 1060. The molecule has 0 fully saturated rings. The average Bonchev–Trinajstić information content (AvgIpc) is 3.22. The first kappa shape index (κ1) is 16.0. The summed E-state index contributed by atoms with van der Waals surface area (Å²) in [4.78, 5) is 14.4. The van der Waals surface area contributed by atoms with Gasteiger partial charge >= 0.3 is 0 Å². The highest BCUT2D eigenvalue weighted by Crippen LogP contribution is 2.28. The molecule has 0 saturated heterocycles. The Balaban J connectivity index is 1.72. The second-order valence-electron chi connectivity index (χ2n) is 5.40. The van der Waals surface area contributed by atoms with Crippen molar-refractivity contribution >= 4 is 49.8 Å². The highest BCUT2D eigenvalue weighted by molar-refractivity contribution is 9.10. The summed E-state index contributed by atoms with van der Waals surface area (Å²) in [6.07, 6.45) is 1.78. The first-order valence-corrected chi connectivity index (χ1v) is 9.19. The van der Waals surface area contributed by atoms with Crippen molar-refractivity contribution in [3.05, 3.63) is 51.0 Å². The minimum atomic E-state index is 0.355. The molecule has 3 heterocycles. The number of nitrogen functional groups attached to an aromatic ring is 1. The summed E-state index contributed by atoms with van der Waals surface area (Å²) in [5.41, 5.74) is 9.82. The first-order chi connectivity index (χ1) is 12.1. The quantitative estimate of drug-likeness (QED) is 0.529. The zero-order valence-corrected chi connectivity index (χ0v) is 15.7. The largest absolute Gasteiger partial charge is 0.383 e. The molecule has 1 aromatic carbocycles. The van der Waals surface area contributed by atoms with Gasteiger partial charge in [0, 0.05) is 10.3 Å². The standard InChI is InChI=1S/C16H14BrN7S/c1-9-12(25-8-20-9)7-19-15-13(17)14(18)22-16(23-15)24-11-5-3-2-4-10(11)6-21-24/h2-6,8H,7H2,1H3,(H3,18,19,22,23). The van der Waals surface area contributed by atoms with Crippen LogP contribution in [0.1, 0.15) is 10.6 Å². The number of aryl methyl sites for hydroxylation is 1. The lowest BCUT2D eigenvalue weighted by Gasteiger charge is -2.11. The van der Waals surface area contributed by atoms with E-state index in [0.29, 0.717) is 28.6 Å². The Labute approximate surface area is 156 Å². The van der Waals surface area contributed by atoms with Crippen LogP contribution >= 0.6 is 27.3 Å². The highest BCUT2D eigenvalue weighted by Gasteiger charge is 2.14. The maximum absolute atomic E-state index is 6.06. The highest BCUT2D eigenvalue weighted by atomic mass is 79.9. The molecule has 0 aliphatic rings. The summed E-state index contributed by atoms with van der Waals surface area (Å²) in [6.45, 7) is 2.60. The van der Waals surface area contributed by atoms with Crippen LogP contribution in [0.15, 0.2) is 40.4 Å².